The van der Waals surface area contributed by atoms with Gasteiger partial charge in [0.25, 0.3) is 11.8 Å². The molecule has 0 bridgehead atoms. The number of pyridine rings is 1. The van der Waals surface area contributed by atoms with Gasteiger partial charge in [0.15, 0.2) is 0 Å². The summed E-state index contributed by atoms with van der Waals surface area (Å²) < 4.78 is 5.71. The number of hydrogen-bond donors (Lipinski definition) is 1. The summed E-state index contributed by atoms with van der Waals surface area (Å²) >= 11 is 12.1. The number of imide groups is 2. The van der Waals surface area contributed by atoms with Gasteiger partial charge >= 0.3 is 6.03 Å². The summed E-state index contributed by atoms with van der Waals surface area (Å²) in [5, 5.41) is 3.02. The molecule has 1 saturated heterocycles. The summed E-state index contributed by atoms with van der Waals surface area (Å²) in [6, 6.07) is 10.3. The van der Waals surface area contributed by atoms with E-state index in [1.165, 1.54) is 30.6 Å². The number of anilines is 1. The molecule has 3 heterocycles. The number of halogens is 2. The maximum Gasteiger partial charge on any atom is 0.335 e. The minimum Gasteiger partial charge on any atom is -0.457 e. The topological polar surface area (TPSA) is 92.5 Å². The van der Waals surface area contributed by atoms with Gasteiger partial charge in [0.1, 0.15) is 17.1 Å². The molecule has 0 unspecified atom stereocenters. The quantitative estimate of drug-likeness (QED) is 0.496. The van der Waals surface area contributed by atoms with Gasteiger partial charge in [-0.05, 0) is 48.5 Å². The van der Waals surface area contributed by atoms with Crippen molar-refractivity contribution in [2.75, 3.05) is 4.90 Å². The lowest BCUT2D eigenvalue weighted by Crippen LogP contribution is -2.54. The van der Waals surface area contributed by atoms with Crippen LogP contribution < -0.4 is 10.2 Å². The normalized spacial score (nSPS) is 15.7. The number of rotatable bonds is 3. The van der Waals surface area contributed by atoms with E-state index in [1.807, 2.05) is 0 Å². The summed E-state index contributed by atoms with van der Waals surface area (Å²) in [4.78, 5) is 41.9. The van der Waals surface area contributed by atoms with Crippen molar-refractivity contribution in [3.05, 3.63) is 76.2 Å². The van der Waals surface area contributed by atoms with E-state index in [0.29, 0.717) is 21.4 Å². The summed E-state index contributed by atoms with van der Waals surface area (Å²) in [5.74, 6) is -0.905. The number of nitrogens with zero attached hydrogens (tertiary/aromatic N) is 2. The van der Waals surface area contributed by atoms with Crippen LogP contribution >= 0.6 is 23.2 Å². The van der Waals surface area contributed by atoms with Gasteiger partial charge in [-0.1, -0.05) is 23.2 Å². The summed E-state index contributed by atoms with van der Waals surface area (Å²) in [6.45, 7) is 0. The smallest absolute Gasteiger partial charge is 0.335 e. The third kappa shape index (κ3) is 3.65. The molecule has 1 fully saturated rings. The van der Waals surface area contributed by atoms with E-state index in [0.717, 1.165) is 4.90 Å². The van der Waals surface area contributed by atoms with Crippen molar-refractivity contribution < 1.29 is 18.8 Å². The molecule has 144 valence electrons. The van der Waals surface area contributed by atoms with Crippen LogP contribution in [0.25, 0.3) is 17.4 Å². The molecule has 2 aromatic heterocycles. The van der Waals surface area contributed by atoms with Crippen molar-refractivity contribution in [2.24, 2.45) is 0 Å². The van der Waals surface area contributed by atoms with Gasteiger partial charge in [-0.2, -0.15) is 0 Å². The minimum absolute atomic E-state index is 0.244. The zero-order chi connectivity index (χ0) is 20.5. The first kappa shape index (κ1) is 18.9. The number of amides is 4. The van der Waals surface area contributed by atoms with Gasteiger partial charge in [-0.25, -0.2) is 9.69 Å². The Labute approximate surface area is 174 Å². The molecule has 4 rings (SSSR count). The Morgan fingerprint density at radius 1 is 1.00 bits per heavy atom. The summed E-state index contributed by atoms with van der Waals surface area (Å²) in [7, 11) is 0. The van der Waals surface area contributed by atoms with Crippen molar-refractivity contribution in [3.8, 4) is 11.3 Å². The highest BCUT2D eigenvalue weighted by molar-refractivity contribution is 6.39. The average Bonchev–Trinajstić information content (AvgIpc) is 3.14. The van der Waals surface area contributed by atoms with Crippen LogP contribution in [0.1, 0.15) is 5.76 Å². The third-order valence-electron chi connectivity index (χ3n) is 4.13. The number of aromatic nitrogens is 1. The van der Waals surface area contributed by atoms with Gasteiger partial charge in [-0.3, -0.25) is 19.9 Å². The fourth-order valence-corrected chi connectivity index (χ4v) is 3.29. The van der Waals surface area contributed by atoms with Crippen LogP contribution in [0.5, 0.6) is 0 Å². The number of hydrogen-bond acceptors (Lipinski definition) is 5. The molecule has 1 N–H and O–H groups in total. The number of barbiturate groups is 1. The number of nitrogens with one attached hydrogen (secondary N) is 1. The second-order valence-corrected chi connectivity index (χ2v) is 6.83. The maximum absolute atomic E-state index is 12.8. The van der Waals surface area contributed by atoms with E-state index in [1.54, 1.807) is 30.3 Å². The molecule has 3 aromatic rings. The van der Waals surface area contributed by atoms with Gasteiger partial charge in [0.05, 0.1) is 10.7 Å². The molecule has 0 spiro atoms. The first-order valence-corrected chi connectivity index (χ1v) is 9.06. The highest BCUT2D eigenvalue weighted by atomic mass is 35.5. The van der Waals surface area contributed by atoms with Crippen molar-refractivity contribution in [1.29, 1.82) is 0 Å². The Morgan fingerprint density at radius 3 is 2.48 bits per heavy atom. The van der Waals surface area contributed by atoms with Gasteiger partial charge in [-0.15, -0.1) is 0 Å². The van der Waals surface area contributed by atoms with Gasteiger partial charge in [0.2, 0.25) is 0 Å². The van der Waals surface area contributed by atoms with E-state index in [9.17, 15) is 14.4 Å². The lowest BCUT2D eigenvalue weighted by molar-refractivity contribution is -0.122. The first-order chi connectivity index (χ1) is 13.9. The van der Waals surface area contributed by atoms with Crippen LogP contribution in [0.15, 0.2) is 64.8 Å². The van der Waals surface area contributed by atoms with E-state index in [-0.39, 0.29) is 17.0 Å². The summed E-state index contributed by atoms with van der Waals surface area (Å²) in [5.41, 5.74) is 0.646. The highest BCUT2D eigenvalue weighted by Crippen LogP contribution is 2.32. The molecule has 1 aliphatic rings. The summed E-state index contributed by atoms with van der Waals surface area (Å²) in [6.07, 6.45) is 4.14. The van der Waals surface area contributed by atoms with E-state index in [4.69, 9.17) is 27.6 Å². The largest absolute Gasteiger partial charge is 0.457 e. The van der Waals surface area contributed by atoms with Crippen LogP contribution in [-0.4, -0.2) is 22.8 Å². The molecule has 7 nitrogen and oxygen atoms in total. The molecule has 0 saturated carbocycles. The van der Waals surface area contributed by atoms with Crippen LogP contribution in [0.4, 0.5) is 10.5 Å². The van der Waals surface area contributed by atoms with Crippen molar-refractivity contribution in [2.45, 2.75) is 0 Å². The number of carbonyl (C=O) groups is 3. The predicted octanol–water partition coefficient (Wildman–Crippen LogP) is 4.31. The van der Waals surface area contributed by atoms with Gasteiger partial charge < -0.3 is 4.42 Å². The fraction of sp³-hybridized carbons (Fsp3) is 0. The monoisotopic (exact) mass is 427 g/mol. The van der Waals surface area contributed by atoms with Crippen molar-refractivity contribution in [3.63, 3.8) is 0 Å². The lowest BCUT2D eigenvalue weighted by Gasteiger charge is -2.25. The van der Waals surface area contributed by atoms with E-state index in [2.05, 4.69) is 10.3 Å². The second kappa shape index (κ2) is 7.54. The maximum atomic E-state index is 12.8. The molecular weight excluding hydrogens is 417 g/mol. The number of benzene rings is 1. The zero-order valence-electron chi connectivity index (χ0n) is 14.6. The van der Waals surface area contributed by atoms with Gasteiger partial charge in [0, 0.05) is 23.0 Å². The molecule has 1 aromatic carbocycles. The Balaban J connectivity index is 1.68. The average molecular weight is 428 g/mol. The Bertz CT molecular complexity index is 1170. The van der Waals surface area contributed by atoms with E-state index < -0.39 is 17.8 Å². The predicted molar refractivity (Wildman–Crippen MR) is 107 cm³/mol. The second-order valence-electron chi connectivity index (χ2n) is 5.99. The molecule has 29 heavy (non-hydrogen) atoms. The molecule has 0 aliphatic carbocycles. The van der Waals surface area contributed by atoms with Crippen molar-refractivity contribution in [1.82, 2.24) is 10.3 Å². The first-order valence-electron chi connectivity index (χ1n) is 8.31. The Hall–Kier alpha value is -3.42. The Kier molecular flexibility index (Phi) is 4.92. The standard InChI is InChI=1S/C20H11Cl2N3O4/c21-11-1-3-14(16(22)9-11)17-4-2-13(29-17)10-15-18(26)24-20(28)25(19(15)27)12-5-7-23-8-6-12/h1-10H,(H,24,26,28)/b15-10-. The van der Waals surface area contributed by atoms with Crippen LogP contribution in [-0.2, 0) is 9.59 Å². The van der Waals surface area contributed by atoms with Crippen LogP contribution in [0.2, 0.25) is 10.0 Å². The molecular formula is C20H11Cl2N3O4. The number of furan rings is 1. The molecule has 9 heteroatoms. The fourth-order valence-electron chi connectivity index (χ4n) is 2.79. The zero-order valence-corrected chi connectivity index (χ0v) is 16.1. The molecule has 0 atom stereocenters. The molecule has 0 radical (unpaired) electrons. The van der Waals surface area contributed by atoms with Crippen LogP contribution in [0.3, 0.4) is 0 Å². The highest BCUT2D eigenvalue weighted by Gasteiger charge is 2.37. The molecule has 1 aliphatic heterocycles. The Morgan fingerprint density at radius 2 is 1.76 bits per heavy atom. The van der Waals surface area contributed by atoms with Crippen molar-refractivity contribution >= 4 is 52.8 Å². The third-order valence-corrected chi connectivity index (χ3v) is 4.68. The van der Waals surface area contributed by atoms with E-state index >= 15 is 0 Å². The lowest BCUT2D eigenvalue weighted by atomic mass is 10.1. The SMILES string of the molecule is O=C1NC(=O)N(c2ccncc2)C(=O)/C1=C\c1ccc(-c2ccc(Cl)cc2Cl)o1. The minimum atomic E-state index is -0.837. The number of urea groups is 1. The molecule has 4 amide bonds. The van der Waals surface area contributed by atoms with Crippen LogP contribution in [0, 0.1) is 0 Å². The number of carbonyl (C=O) groups excluding carboxylic acids is 3.